The SMILES string of the molecule is CCN(CC(C)C#N)C(=O)c1ccc(Br)cn1. The fourth-order valence-corrected chi connectivity index (χ4v) is 1.63. The van der Waals surface area contributed by atoms with Gasteiger partial charge in [0.05, 0.1) is 12.0 Å². The molecule has 0 saturated heterocycles. The molecule has 0 aliphatic carbocycles. The lowest BCUT2D eigenvalue weighted by Crippen LogP contribution is -2.34. The van der Waals surface area contributed by atoms with Gasteiger partial charge in [0.25, 0.3) is 5.91 Å². The van der Waals surface area contributed by atoms with Gasteiger partial charge >= 0.3 is 0 Å². The Balaban J connectivity index is 2.79. The van der Waals surface area contributed by atoms with Gasteiger partial charge < -0.3 is 4.90 Å². The first-order valence-electron chi connectivity index (χ1n) is 5.39. The molecule has 0 N–H and O–H groups in total. The molecule has 1 atom stereocenters. The Morgan fingerprint density at radius 1 is 1.65 bits per heavy atom. The van der Waals surface area contributed by atoms with Gasteiger partial charge in [0, 0.05) is 23.8 Å². The van der Waals surface area contributed by atoms with Crippen LogP contribution in [0.25, 0.3) is 0 Å². The van der Waals surface area contributed by atoms with Crippen molar-refractivity contribution in [2.24, 2.45) is 5.92 Å². The Labute approximate surface area is 109 Å². The van der Waals surface area contributed by atoms with E-state index in [0.717, 1.165) is 4.47 Å². The zero-order valence-electron chi connectivity index (χ0n) is 9.85. The van der Waals surface area contributed by atoms with Gasteiger partial charge in [-0.2, -0.15) is 5.26 Å². The molecule has 0 aromatic carbocycles. The zero-order valence-corrected chi connectivity index (χ0v) is 11.4. The first kappa shape index (κ1) is 13.7. The lowest BCUT2D eigenvalue weighted by molar-refractivity contribution is 0.0747. The second-order valence-corrected chi connectivity index (χ2v) is 4.65. The molecule has 4 nitrogen and oxygen atoms in total. The number of pyridine rings is 1. The minimum atomic E-state index is -0.172. The lowest BCUT2D eigenvalue weighted by atomic mass is 10.2. The molecule has 1 unspecified atom stereocenters. The summed E-state index contributed by atoms with van der Waals surface area (Å²) in [5, 5.41) is 8.76. The van der Waals surface area contributed by atoms with Gasteiger partial charge in [0.15, 0.2) is 0 Å². The quantitative estimate of drug-likeness (QED) is 0.857. The van der Waals surface area contributed by atoms with E-state index in [2.05, 4.69) is 27.0 Å². The summed E-state index contributed by atoms with van der Waals surface area (Å²) in [5.74, 6) is -0.309. The molecule has 1 heterocycles. The molecule has 0 fully saturated rings. The Hall–Kier alpha value is -1.41. The molecule has 17 heavy (non-hydrogen) atoms. The number of rotatable bonds is 4. The normalized spacial score (nSPS) is 11.6. The predicted octanol–water partition coefficient (Wildman–Crippen LogP) is 2.47. The highest BCUT2D eigenvalue weighted by Crippen LogP contribution is 2.10. The Morgan fingerprint density at radius 2 is 2.35 bits per heavy atom. The van der Waals surface area contributed by atoms with E-state index in [1.807, 2.05) is 6.92 Å². The average molecular weight is 296 g/mol. The van der Waals surface area contributed by atoms with E-state index >= 15 is 0 Å². The summed E-state index contributed by atoms with van der Waals surface area (Å²) in [5.41, 5.74) is 0.403. The maximum absolute atomic E-state index is 12.1. The minimum Gasteiger partial charge on any atom is -0.336 e. The van der Waals surface area contributed by atoms with E-state index in [4.69, 9.17) is 5.26 Å². The van der Waals surface area contributed by atoms with E-state index in [-0.39, 0.29) is 11.8 Å². The molecule has 1 rings (SSSR count). The van der Waals surface area contributed by atoms with Crippen LogP contribution in [-0.4, -0.2) is 28.9 Å². The summed E-state index contributed by atoms with van der Waals surface area (Å²) >= 11 is 3.27. The molecule has 0 bridgehead atoms. The molecule has 1 amide bonds. The van der Waals surface area contributed by atoms with Crippen molar-refractivity contribution in [2.75, 3.05) is 13.1 Å². The summed E-state index contributed by atoms with van der Waals surface area (Å²) in [4.78, 5) is 17.8. The van der Waals surface area contributed by atoms with E-state index < -0.39 is 0 Å². The standard InChI is InChI=1S/C12H14BrN3O/c1-3-16(8-9(2)6-14)12(17)11-5-4-10(13)7-15-11/h4-5,7,9H,3,8H2,1-2H3. The molecular formula is C12H14BrN3O. The number of nitrogens with zero attached hydrogens (tertiary/aromatic N) is 3. The van der Waals surface area contributed by atoms with Crippen molar-refractivity contribution < 1.29 is 4.79 Å². The van der Waals surface area contributed by atoms with Crippen molar-refractivity contribution in [1.29, 1.82) is 5.26 Å². The summed E-state index contributed by atoms with van der Waals surface area (Å²) in [7, 11) is 0. The summed E-state index contributed by atoms with van der Waals surface area (Å²) in [6.45, 7) is 4.69. The van der Waals surface area contributed by atoms with Gasteiger partial charge in [-0.25, -0.2) is 4.98 Å². The third kappa shape index (κ3) is 3.82. The van der Waals surface area contributed by atoms with Crippen molar-refractivity contribution >= 4 is 21.8 Å². The molecule has 1 aromatic heterocycles. The van der Waals surface area contributed by atoms with Crippen molar-refractivity contribution in [2.45, 2.75) is 13.8 Å². The fourth-order valence-electron chi connectivity index (χ4n) is 1.39. The minimum absolute atomic E-state index is 0.137. The van der Waals surface area contributed by atoms with Crippen molar-refractivity contribution in [3.63, 3.8) is 0 Å². The van der Waals surface area contributed by atoms with Crippen LogP contribution >= 0.6 is 15.9 Å². The van der Waals surface area contributed by atoms with Crippen molar-refractivity contribution in [3.8, 4) is 6.07 Å². The van der Waals surface area contributed by atoms with Crippen molar-refractivity contribution in [3.05, 3.63) is 28.5 Å². The monoisotopic (exact) mass is 295 g/mol. The number of aromatic nitrogens is 1. The Bertz CT molecular complexity index is 424. The van der Waals surface area contributed by atoms with Gasteiger partial charge in [-0.15, -0.1) is 0 Å². The Kier molecular flexibility index (Phi) is 5.11. The van der Waals surface area contributed by atoms with Crippen LogP contribution in [0.3, 0.4) is 0 Å². The predicted molar refractivity (Wildman–Crippen MR) is 68.3 cm³/mol. The maximum atomic E-state index is 12.1. The number of carbonyl (C=O) groups excluding carboxylic acids is 1. The van der Waals surface area contributed by atoms with Crippen LogP contribution in [0, 0.1) is 17.2 Å². The van der Waals surface area contributed by atoms with Crippen LogP contribution in [0.15, 0.2) is 22.8 Å². The number of amides is 1. The number of carbonyl (C=O) groups is 1. The third-order valence-corrected chi connectivity index (χ3v) is 2.80. The van der Waals surface area contributed by atoms with Gasteiger partial charge in [-0.3, -0.25) is 4.79 Å². The number of halogens is 1. The molecule has 0 aliphatic rings. The van der Waals surface area contributed by atoms with Gasteiger partial charge in [-0.1, -0.05) is 0 Å². The number of hydrogen-bond acceptors (Lipinski definition) is 3. The van der Waals surface area contributed by atoms with Crippen molar-refractivity contribution in [1.82, 2.24) is 9.88 Å². The first-order chi connectivity index (χ1) is 8.08. The molecule has 0 aliphatic heterocycles. The highest BCUT2D eigenvalue weighted by molar-refractivity contribution is 9.10. The van der Waals surface area contributed by atoms with E-state index in [0.29, 0.717) is 18.8 Å². The van der Waals surface area contributed by atoms with Crippen LogP contribution in [-0.2, 0) is 0 Å². The third-order valence-electron chi connectivity index (χ3n) is 2.33. The van der Waals surface area contributed by atoms with Crippen LogP contribution < -0.4 is 0 Å². The molecule has 0 spiro atoms. The maximum Gasteiger partial charge on any atom is 0.272 e. The highest BCUT2D eigenvalue weighted by Gasteiger charge is 2.17. The van der Waals surface area contributed by atoms with E-state index in [9.17, 15) is 4.79 Å². The van der Waals surface area contributed by atoms with Crippen LogP contribution in [0.1, 0.15) is 24.3 Å². The summed E-state index contributed by atoms with van der Waals surface area (Å²) in [6.07, 6.45) is 1.59. The summed E-state index contributed by atoms with van der Waals surface area (Å²) < 4.78 is 0.836. The largest absolute Gasteiger partial charge is 0.336 e. The van der Waals surface area contributed by atoms with Gasteiger partial charge in [0.2, 0.25) is 0 Å². The number of nitriles is 1. The number of hydrogen-bond donors (Lipinski definition) is 0. The second kappa shape index (κ2) is 6.36. The highest BCUT2D eigenvalue weighted by atomic mass is 79.9. The van der Waals surface area contributed by atoms with Crippen LogP contribution in [0.4, 0.5) is 0 Å². The van der Waals surface area contributed by atoms with Gasteiger partial charge in [-0.05, 0) is 41.9 Å². The van der Waals surface area contributed by atoms with E-state index in [1.54, 1.807) is 30.2 Å². The zero-order chi connectivity index (χ0) is 12.8. The topological polar surface area (TPSA) is 57.0 Å². The molecule has 0 radical (unpaired) electrons. The van der Waals surface area contributed by atoms with Crippen LogP contribution in [0.5, 0.6) is 0 Å². The fraction of sp³-hybridized carbons (Fsp3) is 0.417. The lowest BCUT2D eigenvalue weighted by Gasteiger charge is -2.21. The van der Waals surface area contributed by atoms with Crippen LogP contribution in [0.2, 0.25) is 0 Å². The summed E-state index contributed by atoms with van der Waals surface area (Å²) in [6, 6.07) is 5.58. The molecule has 5 heteroatoms. The average Bonchev–Trinajstić information content (AvgIpc) is 2.35. The second-order valence-electron chi connectivity index (χ2n) is 3.74. The molecular weight excluding hydrogens is 282 g/mol. The molecule has 0 saturated carbocycles. The molecule has 1 aromatic rings. The smallest absolute Gasteiger partial charge is 0.272 e. The molecule has 90 valence electrons. The van der Waals surface area contributed by atoms with Gasteiger partial charge in [0.1, 0.15) is 5.69 Å². The van der Waals surface area contributed by atoms with E-state index in [1.165, 1.54) is 0 Å². The first-order valence-corrected chi connectivity index (χ1v) is 6.18. The Morgan fingerprint density at radius 3 is 2.82 bits per heavy atom.